The molecule has 0 spiro atoms. The predicted octanol–water partition coefficient (Wildman–Crippen LogP) is 2.63. The van der Waals surface area contributed by atoms with Crippen LogP contribution in [0.2, 0.25) is 0 Å². The summed E-state index contributed by atoms with van der Waals surface area (Å²) in [5.74, 6) is 0.984. The molecule has 2 nitrogen and oxygen atoms in total. The van der Waals surface area contributed by atoms with E-state index < -0.39 is 0 Å². The summed E-state index contributed by atoms with van der Waals surface area (Å²) in [5.41, 5.74) is 4.11. The summed E-state index contributed by atoms with van der Waals surface area (Å²) >= 11 is 0. The van der Waals surface area contributed by atoms with Crippen molar-refractivity contribution in [2.24, 2.45) is 0 Å². The van der Waals surface area contributed by atoms with Gasteiger partial charge in [0.15, 0.2) is 0 Å². The van der Waals surface area contributed by atoms with Crippen molar-refractivity contribution in [3.8, 4) is 5.75 Å². The van der Waals surface area contributed by atoms with Crippen molar-refractivity contribution in [3.63, 3.8) is 0 Å². The normalized spacial score (nSPS) is 16.3. The molecule has 0 aliphatic heterocycles. The van der Waals surface area contributed by atoms with Gasteiger partial charge in [-0.15, -0.1) is 0 Å². The van der Waals surface area contributed by atoms with Crippen molar-refractivity contribution in [1.82, 2.24) is 5.32 Å². The van der Waals surface area contributed by atoms with E-state index in [1.807, 2.05) is 13.1 Å². The maximum Gasteiger partial charge on any atom is 0.126 e. The van der Waals surface area contributed by atoms with E-state index in [4.69, 9.17) is 4.74 Å². The fourth-order valence-electron chi connectivity index (χ4n) is 2.21. The van der Waals surface area contributed by atoms with E-state index in [1.165, 1.54) is 16.7 Å². The molecule has 86 valence electrons. The van der Waals surface area contributed by atoms with Crippen molar-refractivity contribution in [2.45, 2.75) is 25.8 Å². The largest absolute Gasteiger partial charge is 0.496 e. The van der Waals surface area contributed by atoms with Gasteiger partial charge in [0, 0.05) is 11.6 Å². The van der Waals surface area contributed by atoms with E-state index >= 15 is 0 Å². The number of methoxy groups -OCH3 is 1. The lowest BCUT2D eigenvalue weighted by Gasteiger charge is -2.22. The SMILES string of the molecule is CNC(C)C1=Cc2c(cccc2OC)CC1. The molecule has 0 radical (unpaired) electrons. The van der Waals surface area contributed by atoms with Crippen LogP contribution >= 0.6 is 0 Å². The third-order valence-corrected chi connectivity index (χ3v) is 3.38. The zero-order valence-electron chi connectivity index (χ0n) is 10.2. The molecule has 1 N–H and O–H groups in total. The van der Waals surface area contributed by atoms with Crippen molar-refractivity contribution in [3.05, 3.63) is 34.9 Å². The first-order valence-corrected chi connectivity index (χ1v) is 5.80. The number of fused-ring (bicyclic) bond motifs is 1. The lowest BCUT2D eigenvalue weighted by atomic mass is 9.89. The van der Waals surface area contributed by atoms with Crippen LogP contribution in [0.4, 0.5) is 0 Å². The number of aryl methyl sites for hydroxylation is 1. The lowest BCUT2D eigenvalue weighted by molar-refractivity contribution is 0.413. The summed E-state index contributed by atoms with van der Waals surface area (Å²) in [6.45, 7) is 2.20. The van der Waals surface area contributed by atoms with Gasteiger partial charge in [-0.2, -0.15) is 0 Å². The average molecular weight is 217 g/mol. The summed E-state index contributed by atoms with van der Waals surface area (Å²) in [7, 11) is 3.74. The molecular formula is C14H19NO. The minimum atomic E-state index is 0.443. The molecule has 0 aromatic heterocycles. The minimum Gasteiger partial charge on any atom is -0.496 e. The zero-order valence-corrected chi connectivity index (χ0v) is 10.2. The second-order valence-corrected chi connectivity index (χ2v) is 4.26. The summed E-state index contributed by atoms with van der Waals surface area (Å²) in [6, 6.07) is 6.73. The second-order valence-electron chi connectivity index (χ2n) is 4.26. The molecule has 0 saturated carbocycles. The van der Waals surface area contributed by atoms with Gasteiger partial charge < -0.3 is 10.1 Å². The highest BCUT2D eigenvalue weighted by Crippen LogP contribution is 2.32. The van der Waals surface area contributed by atoms with Gasteiger partial charge in [-0.25, -0.2) is 0 Å². The molecule has 0 amide bonds. The smallest absolute Gasteiger partial charge is 0.126 e. The Labute approximate surface area is 97.3 Å². The maximum absolute atomic E-state index is 5.41. The number of rotatable bonds is 3. The number of nitrogens with one attached hydrogen (secondary N) is 1. The monoisotopic (exact) mass is 217 g/mol. The third-order valence-electron chi connectivity index (χ3n) is 3.38. The van der Waals surface area contributed by atoms with Crippen molar-refractivity contribution in [2.75, 3.05) is 14.2 Å². The number of likely N-dealkylation sites (N-methyl/N-ethyl adjacent to an activating group) is 1. The second kappa shape index (κ2) is 4.71. The Kier molecular flexibility index (Phi) is 3.30. The van der Waals surface area contributed by atoms with E-state index in [1.54, 1.807) is 7.11 Å². The molecule has 2 rings (SSSR count). The molecule has 1 aromatic rings. The van der Waals surface area contributed by atoms with E-state index in [-0.39, 0.29) is 0 Å². The first-order valence-electron chi connectivity index (χ1n) is 5.80. The highest BCUT2D eigenvalue weighted by Gasteiger charge is 2.16. The predicted molar refractivity (Wildman–Crippen MR) is 67.8 cm³/mol. The first-order chi connectivity index (χ1) is 7.76. The molecule has 1 aromatic carbocycles. The minimum absolute atomic E-state index is 0.443. The molecule has 1 unspecified atom stereocenters. The van der Waals surface area contributed by atoms with Crippen molar-refractivity contribution < 1.29 is 4.74 Å². The van der Waals surface area contributed by atoms with Crippen LogP contribution in [-0.4, -0.2) is 20.2 Å². The van der Waals surface area contributed by atoms with Gasteiger partial charge in [0.25, 0.3) is 0 Å². The van der Waals surface area contributed by atoms with Crippen LogP contribution in [0.3, 0.4) is 0 Å². The van der Waals surface area contributed by atoms with E-state index in [2.05, 4.69) is 30.4 Å². The summed E-state index contributed by atoms with van der Waals surface area (Å²) in [4.78, 5) is 0. The zero-order chi connectivity index (χ0) is 11.5. The Bertz CT molecular complexity index is 409. The van der Waals surface area contributed by atoms with Crippen molar-refractivity contribution in [1.29, 1.82) is 0 Å². The molecular weight excluding hydrogens is 198 g/mol. The van der Waals surface area contributed by atoms with E-state index in [0.717, 1.165) is 18.6 Å². The molecule has 1 atom stereocenters. The van der Waals surface area contributed by atoms with Crippen LogP contribution in [0.5, 0.6) is 5.75 Å². The van der Waals surface area contributed by atoms with Crippen LogP contribution in [0.25, 0.3) is 6.08 Å². The number of ether oxygens (including phenoxy) is 1. The van der Waals surface area contributed by atoms with Crippen LogP contribution in [0.15, 0.2) is 23.8 Å². The fourth-order valence-corrected chi connectivity index (χ4v) is 2.21. The molecule has 16 heavy (non-hydrogen) atoms. The number of hydrogen-bond acceptors (Lipinski definition) is 2. The molecule has 0 heterocycles. The van der Waals surface area contributed by atoms with E-state index in [9.17, 15) is 0 Å². The lowest BCUT2D eigenvalue weighted by Crippen LogP contribution is -2.25. The Hall–Kier alpha value is -1.28. The van der Waals surface area contributed by atoms with Crippen LogP contribution in [0, 0.1) is 0 Å². The summed E-state index contributed by atoms with van der Waals surface area (Å²) in [6.07, 6.45) is 4.53. The van der Waals surface area contributed by atoms with Gasteiger partial charge in [0.2, 0.25) is 0 Å². The van der Waals surface area contributed by atoms with Gasteiger partial charge in [0.1, 0.15) is 5.75 Å². The third kappa shape index (κ3) is 1.98. The van der Waals surface area contributed by atoms with Crippen LogP contribution in [-0.2, 0) is 6.42 Å². The van der Waals surface area contributed by atoms with E-state index in [0.29, 0.717) is 6.04 Å². The maximum atomic E-state index is 5.41. The van der Waals surface area contributed by atoms with Crippen LogP contribution in [0.1, 0.15) is 24.5 Å². The molecule has 0 saturated heterocycles. The molecule has 2 heteroatoms. The van der Waals surface area contributed by atoms with Crippen molar-refractivity contribution >= 4 is 6.08 Å². The molecule has 0 fully saturated rings. The fraction of sp³-hybridized carbons (Fsp3) is 0.429. The topological polar surface area (TPSA) is 21.3 Å². The summed E-state index contributed by atoms with van der Waals surface area (Å²) in [5, 5.41) is 3.29. The van der Waals surface area contributed by atoms with Gasteiger partial charge in [0.05, 0.1) is 7.11 Å². The highest BCUT2D eigenvalue weighted by molar-refractivity contribution is 5.66. The van der Waals surface area contributed by atoms with Crippen LogP contribution < -0.4 is 10.1 Å². The quantitative estimate of drug-likeness (QED) is 0.840. The summed E-state index contributed by atoms with van der Waals surface area (Å²) < 4.78 is 5.41. The standard InChI is InChI=1S/C14H19NO/c1-10(15-2)12-8-7-11-5-4-6-14(16-3)13(11)9-12/h4-6,9-10,15H,7-8H2,1-3H3. The molecule has 1 aliphatic rings. The Morgan fingerprint density at radius 3 is 2.81 bits per heavy atom. The molecule has 0 bridgehead atoms. The Morgan fingerprint density at radius 2 is 2.12 bits per heavy atom. The average Bonchev–Trinajstić information content (AvgIpc) is 2.36. The van der Waals surface area contributed by atoms with Gasteiger partial charge in [-0.05, 0) is 38.4 Å². The van der Waals surface area contributed by atoms with Gasteiger partial charge in [-0.3, -0.25) is 0 Å². The Balaban J connectivity index is 2.41. The van der Waals surface area contributed by atoms with Gasteiger partial charge >= 0.3 is 0 Å². The highest BCUT2D eigenvalue weighted by atomic mass is 16.5. The number of hydrogen-bond donors (Lipinski definition) is 1. The first kappa shape index (κ1) is 11.2. The Morgan fingerprint density at radius 1 is 1.31 bits per heavy atom. The number of benzene rings is 1. The molecule has 1 aliphatic carbocycles. The van der Waals surface area contributed by atoms with Gasteiger partial charge in [-0.1, -0.05) is 23.8 Å².